The van der Waals surface area contributed by atoms with Crippen LogP contribution >= 0.6 is 0 Å². The van der Waals surface area contributed by atoms with E-state index in [-0.39, 0.29) is 5.41 Å². The smallest absolute Gasteiger partial charge is 0.0529 e. The van der Waals surface area contributed by atoms with Crippen LogP contribution in [0.1, 0.15) is 107 Å². The lowest BCUT2D eigenvalue weighted by molar-refractivity contribution is 0.193. The Labute approximate surface area is 292 Å². The molecule has 6 fully saturated rings. The Morgan fingerprint density at radius 3 is 2.19 bits per heavy atom. The highest BCUT2D eigenvalue weighted by atomic mass is 15.3. The van der Waals surface area contributed by atoms with Crippen molar-refractivity contribution in [3.05, 3.63) is 96.9 Å². The molecule has 48 heavy (non-hydrogen) atoms. The highest BCUT2D eigenvalue weighted by molar-refractivity contribution is 5.94. The van der Waals surface area contributed by atoms with Crippen LogP contribution in [0.5, 0.6) is 0 Å². The predicted octanol–water partition coefficient (Wildman–Crippen LogP) is 10.4. The van der Waals surface area contributed by atoms with Crippen LogP contribution in [0.25, 0.3) is 22.2 Å². The summed E-state index contributed by atoms with van der Waals surface area (Å²) in [7, 11) is 1.85. The van der Waals surface area contributed by atoms with Gasteiger partial charge in [0.1, 0.15) is 0 Å². The van der Waals surface area contributed by atoms with E-state index in [1.54, 1.807) is 16.8 Å². The molecular formula is C44H62N4. The zero-order valence-electron chi connectivity index (χ0n) is 30.6. The van der Waals surface area contributed by atoms with Crippen molar-refractivity contribution in [3.63, 3.8) is 0 Å². The summed E-state index contributed by atoms with van der Waals surface area (Å²) in [5.41, 5.74) is 11.8. The van der Waals surface area contributed by atoms with Crippen LogP contribution in [0.15, 0.2) is 80.2 Å². The summed E-state index contributed by atoms with van der Waals surface area (Å²) in [6.07, 6.45) is 13.7. The van der Waals surface area contributed by atoms with Gasteiger partial charge in [-0.05, 0) is 86.6 Å². The quantitative estimate of drug-likeness (QED) is 0.285. The van der Waals surface area contributed by atoms with Gasteiger partial charge in [0.2, 0.25) is 0 Å². The molecule has 3 aliphatic carbocycles. The molecule has 0 radical (unpaired) electrons. The number of hydrogen-bond donors (Lipinski definition) is 1. The Morgan fingerprint density at radius 1 is 0.875 bits per heavy atom. The van der Waals surface area contributed by atoms with Crippen LogP contribution in [0.4, 0.5) is 0 Å². The fourth-order valence-electron chi connectivity index (χ4n) is 9.05. The molecule has 2 bridgehead atoms. The van der Waals surface area contributed by atoms with Crippen molar-refractivity contribution in [3.8, 4) is 11.3 Å². The van der Waals surface area contributed by atoms with Gasteiger partial charge in [-0.3, -0.25) is 0 Å². The van der Waals surface area contributed by atoms with Crippen molar-refractivity contribution in [2.75, 3.05) is 33.2 Å². The molecule has 1 aromatic heterocycles. The lowest BCUT2D eigenvalue weighted by Gasteiger charge is -2.38. The third-order valence-electron chi connectivity index (χ3n) is 12.2. The zero-order chi connectivity index (χ0) is 34.0. The number of hydrogen-bond acceptors (Lipinski definition) is 3. The van der Waals surface area contributed by atoms with E-state index in [2.05, 4.69) is 95.7 Å². The molecule has 2 aromatic carbocycles. The SMILES string of the molecule is C=C.C=C(C)NC.C=C(N1CCN2CCC1CC2)C12CC1c1cc(C)ccc1-c1c(C3CCCCC3)c3ccccc3n1C2.CC1CC1. The van der Waals surface area contributed by atoms with E-state index in [0.29, 0.717) is 17.9 Å². The second-order valence-corrected chi connectivity index (χ2v) is 15.6. The molecule has 2 unspecified atom stereocenters. The first kappa shape index (κ1) is 34.6. The number of piperidine rings is 1. The van der Waals surface area contributed by atoms with E-state index < -0.39 is 0 Å². The second kappa shape index (κ2) is 14.7. The van der Waals surface area contributed by atoms with Crippen molar-refractivity contribution >= 4 is 10.9 Å². The average molecular weight is 647 g/mol. The van der Waals surface area contributed by atoms with Crippen LogP contribution in [0.2, 0.25) is 0 Å². The predicted molar refractivity (Wildman–Crippen MR) is 207 cm³/mol. The minimum absolute atomic E-state index is 0.150. The molecule has 4 aliphatic heterocycles. The number of para-hydroxylation sites is 1. The highest BCUT2D eigenvalue weighted by Gasteiger charge is 2.61. The van der Waals surface area contributed by atoms with Crippen molar-refractivity contribution in [1.82, 2.24) is 19.7 Å². The summed E-state index contributed by atoms with van der Waals surface area (Å²) in [5.74, 6) is 2.36. The van der Waals surface area contributed by atoms with Crippen molar-refractivity contribution < 1.29 is 0 Å². The lowest BCUT2D eigenvalue weighted by Crippen LogP contribution is -2.40. The van der Waals surface area contributed by atoms with Crippen LogP contribution in [0, 0.1) is 18.3 Å². The Hall–Kier alpha value is -3.24. The third-order valence-corrected chi connectivity index (χ3v) is 12.2. The molecule has 10 rings (SSSR count). The van der Waals surface area contributed by atoms with E-state index in [9.17, 15) is 0 Å². The van der Waals surface area contributed by atoms with Gasteiger partial charge in [-0.15, -0.1) is 13.2 Å². The molecular weight excluding hydrogens is 585 g/mol. The third kappa shape index (κ3) is 6.79. The summed E-state index contributed by atoms with van der Waals surface area (Å²) < 4.78 is 2.77. The number of fused-ring (bicyclic) bond motifs is 11. The number of rotatable bonds is 4. The van der Waals surface area contributed by atoms with Gasteiger partial charge in [0.05, 0.1) is 5.69 Å². The summed E-state index contributed by atoms with van der Waals surface area (Å²) in [6.45, 7) is 27.0. The fraction of sp³-hybridized carbons (Fsp3) is 0.545. The molecule has 3 saturated heterocycles. The van der Waals surface area contributed by atoms with Gasteiger partial charge in [0.15, 0.2) is 0 Å². The summed E-state index contributed by atoms with van der Waals surface area (Å²) in [6, 6.07) is 17.4. The minimum atomic E-state index is 0.150. The molecule has 0 amide bonds. The molecule has 5 heterocycles. The molecule has 3 aromatic rings. The van der Waals surface area contributed by atoms with Gasteiger partial charge in [0.25, 0.3) is 0 Å². The van der Waals surface area contributed by atoms with E-state index in [4.69, 9.17) is 6.58 Å². The average Bonchev–Trinajstić information content (AvgIpc) is 4.05. The largest absolute Gasteiger partial charge is 0.392 e. The summed E-state index contributed by atoms with van der Waals surface area (Å²) in [4.78, 5) is 5.45. The van der Waals surface area contributed by atoms with E-state index in [0.717, 1.165) is 24.7 Å². The number of nitrogens with zero attached hydrogens (tertiary/aromatic N) is 3. The van der Waals surface area contributed by atoms with Crippen LogP contribution < -0.4 is 5.32 Å². The van der Waals surface area contributed by atoms with Gasteiger partial charge >= 0.3 is 0 Å². The molecule has 3 saturated carbocycles. The number of benzene rings is 2. The lowest BCUT2D eigenvalue weighted by atomic mass is 9.81. The maximum atomic E-state index is 4.95. The maximum Gasteiger partial charge on any atom is 0.0529 e. The Kier molecular flexibility index (Phi) is 10.6. The molecule has 258 valence electrons. The zero-order valence-corrected chi connectivity index (χ0v) is 30.6. The van der Waals surface area contributed by atoms with Gasteiger partial charge in [-0.1, -0.05) is 94.1 Å². The number of nitrogens with one attached hydrogen (secondary N) is 1. The standard InChI is InChI=1S/C34H41N3.C4H9N.C4H8.C2H4/c1-23-12-13-27-29(20-23)30-21-34(30,24(2)36-19-18-35-16-14-26(36)15-17-35)22-37-31-11-7-6-10-28(31)32(33(27)37)25-8-4-3-5-9-25;1-4(2)5-3;1-4-2-3-4;1-2/h6-7,10-13,20,25-26,30H,2-5,8-9,14-19,21-22H2,1H3;5H,1H2,2-3H3;4H,2-3H2,1H3;1-2H2. The fourth-order valence-corrected chi connectivity index (χ4v) is 9.05. The van der Waals surface area contributed by atoms with Crippen molar-refractivity contribution in [2.45, 2.75) is 109 Å². The molecule has 7 aliphatic rings. The van der Waals surface area contributed by atoms with Gasteiger partial charge in [0, 0.05) is 73.4 Å². The van der Waals surface area contributed by atoms with Gasteiger partial charge in [-0.25, -0.2) is 0 Å². The summed E-state index contributed by atoms with van der Waals surface area (Å²) in [5, 5.41) is 4.34. The second-order valence-electron chi connectivity index (χ2n) is 15.6. The number of aryl methyl sites for hydroxylation is 1. The monoisotopic (exact) mass is 646 g/mol. The van der Waals surface area contributed by atoms with Crippen LogP contribution in [0.3, 0.4) is 0 Å². The number of aromatic nitrogens is 1. The van der Waals surface area contributed by atoms with E-state index in [1.165, 1.54) is 112 Å². The molecule has 4 nitrogen and oxygen atoms in total. The first-order valence-corrected chi connectivity index (χ1v) is 19.0. The molecule has 2 atom stereocenters. The van der Waals surface area contributed by atoms with Crippen LogP contribution in [-0.4, -0.2) is 53.6 Å². The maximum absolute atomic E-state index is 4.95. The first-order valence-electron chi connectivity index (χ1n) is 19.0. The van der Waals surface area contributed by atoms with Crippen molar-refractivity contribution in [2.24, 2.45) is 11.3 Å². The minimum Gasteiger partial charge on any atom is -0.392 e. The van der Waals surface area contributed by atoms with Gasteiger partial charge in [-0.2, -0.15) is 0 Å². The van der Waals surface area contributed by atoms with Crippen molar-refractivity contribution in [1.29, 1.82) is 0 Å². The van der Waals surface area contributed by atoms with Crippen LogP contribution in [-0.2, 0) is 6.54 Å². The van der Waals surface area contributed by atoms with E-state index >= 15 is 0 Å². The van der Waals surface area contributed by atoms with Gasteiger partial charge < -0.3 is 19.7 Å². The summed E-state index contributed by atoms with van der Waals surface area (Å²) >= 11 is 0. The molecule has 1 N–H and O–H groups in total. The highest BCUT2D eigenvalue weighted by Crippen LogP contribution is 2.69. The topological polar surface area (TPSA) is 23.4 Å². The van der Waals surface area contributed by atoms with E-state index in [1.807, 2.05) is 14.0 Å². The molecule has 4 heteroatoms. The number of allylic oxidation sites excluding steroid dienone is 2. The Balaban J connectivity index is 0.000000318. The first-order chi connectivity index (χ1) is 23.3. The normalized spacial score (nSPS) is 26.8. The Bertz CT molecular complexity index is 1600. The molecule has 0 spiro atoms. The Morgan fingerprint density at radius 2 is 1.54 bits per heavy atom.